The first-order valence-corrected chi connectivity index (χ1v) is 4.24. The van der Waals surface area contributed by atoms with Gasteiger partial charge in [-0.2, -0.15) is 0 Å². The van der Waals surface area contributed by atoms with Crippen LogP contribution in [0.15, 0.2) is 58.9 Å². The monoisotopic (exact) mass is 182 g/mol. The summed E-state index contributed by atoms with van der Waals surface area (Å²) in [7, 11) is 0. The van der Waals surface area contributed by atoms with Crippen LogP contribution in [0.25, 0.3) is 0 Å². The fourth-order valence-corrected chi connectivity index (χ4v) is 0.967. The molecule has 3 heteroatoms. The molecule has 0 fully saturated rings. The van der Waals surface area contributed by atoms with E-state index in [1.807, 2.05) is 24.3 Å². The maximum absolute atomic E-state index is 4.03. The fraction of sp³-hybridized carbons (Fsp3) is 0. The predicted octanol–water partition coefficient (Wildman–Crippen LogP) is 3.30. The van der Waals surface area contributed by atoms with Crippen molar-refractivity contribution in [3.63, 3.8) is 0 Å². The van der Waals surface area contributed by atoms with Crippen LogP contribution in [0.5, 0.6) is 0 Å². The summed E-state index contributed by atoms with van der Waals surface area (Å²) in [4.78, 5) is 4.03. The molecule has 1 heterocycles. The Morgan fingerprint density at radius 2 is 1.86 bits per heavy atom. The molecule has 14 heavy (non-hydrogen) atoms. The van der Waals surface area contributed by atoms with Gasteiger partial charge in [-0.25, -0.2) is 4.98 Å². The maximum atomic E-state index is 4.03. The average molecular weight is 182 g/mol. The molecular formula is C11H8N3. The van der Waals surface area contributed by atoms with Crippen LogP contribution < -0.4 is 0 Å². The number of azo groups is 1. The van der Waals surface area contributed by atoms with Crippen molar-refractivity contribution >= 4 is 11.5 Å². The van der Waals surface area contributed by atoms with Crippen LogP contribution in [-0.2, 0) is 0 Å². The van der Waals surface area contributed by atoms with E-state index in [-0.39, 0.29) is 0 Å². The van der Waals surface area contributed by atoms with Gasteiger partial charge in [-0.1, -0.05) is 18.2 Å². The Morgan fingerprint density at radius 1 is 1.00 bits per heavy atom. The summed E-state index contributed by atoms with van der Waals surface area (Å²) in [5.41, 5.74) is 0.800. The molecule has 2 rings (SSSR count). The highest BCUT2D eigenvalue weighted by Gasteiger charge is 1.87. The van der Waals surface area contributed by atoms with Gasteiger partial charge >= 0.3 is 0 Å². The Bertz CT molecular complexity index is 368. The lowest BCUT2D eigenvalue weighted by Gasteiger charge is -1.90. The van der Waals surface area contributed by atoms with E-state index in [0.29, 0.717) is 5.82 Å². The highest BCUT2D eigenvalue weighted by Crippen LogP contribution is 2.14. The second-order valence-electron chi connectivity index (χ2n) is 2.65. The fourth-order valence-electron chi connectivity index (χ4n) is 0.967. The van der Waals surface area contributed by atoms with Crippen molar-refractivity contribution < 1.29 is 0 Å². The minimum Gasteiger partial charge on any atom is -0.236 e. The lowest BCUT2D eigenvalue weighted by atomic mass is 10.3. The SMILES string of the molecule is [c]1ccc(N=Nc2ccccn2)cc1. The topological polar surface area (TPSA) is 37.6 Å². The van der Waals surface area contributed by atoms with Gasteiger partial charge in [0.1, 0.15) is 0 Å². The third-order valence-electron chi connectivity index (χ3n) is 1.62. The molecule has 3 nitrogen and oxygen atoms in total. The van der Waals surface area contributed by atoms with Crippen molar-refractivity contribution in [2.75, 3.05) is 0 Å². The van der Waals surface area contributed by atoms with E-state index < -0.39 is 0 Å². The van der Waals surface area contributed by atoms with Crippen molar-refractivity contribution in [2.24, 2.45) is 10.2 Å². The Labute approximate surface area is 82.2 Å². The molecule has 1 radical (unpaired) electrons. The van der Waals surface area contributed by atoms with Crippen LogP contribution in [0, 0.1) is 6.07 Å². The molecule has 0 N–H and O–H groups in total. The third kappa shape index (κ3) is 2.23. The molecule has 0 aliphatic rings. The van der Waals surface area contributed by atoms with E-state index in [4.69, 9.17) is 0 Å². The van der Waals surface area contributed by atoms with Crippen LogP contribution in [0.4, 0.5) is 11.5 Å². The van der Waals surface area contributed by atoms with Gasteiger partial charge in [0.25, 0.3) is 0 Å². The number of hydrogen-bond donors (Lipinski definition) is 0. The van der Waals surface area contributed by atoms with Gasteiger partial charge in [0.05, 0.1) is 5.69 Å². The van der Waals surface area contributed by atoms with Crippen LogP contribution in [0.3, 0.4) is 0 Å². The van der Waals surface area contributed by atoms with E-state index in [1.54, 1.807) is 24.4 Å². The van der Waals surface area contributed by atoms with E-state index in [2.05, 4.69) is 21.3 Å². The highest BCUT2D eigenvalue weighted by molar-refractivity contribution is 5.35. The molecule has 0 saturated carbocycles. The van der Waals surface area contributed by atoms with Gasteiger partial charge in [-0.3, -0.25) is 0 Å². The van der Waals surface area contributed by atoms with Crippen LogP contribution in [-0.4, -0.2) is 4.98 Å². The average Bonchev–Trinajstić information content (AvgIpc) is 2.29. The standard InChI is InChI=1S/C11H8N3/c1-2-6-10(7-3-1)13-14-11-8-4-5-9-12-11/h2-9H. The summed E-state index contributed by atoms with van der Waals surface area (Å²) in [5, 5.41) is 8.00. The van der Waals surface area contributed by atoms with Crippen LogP contribution >= 0.6 is 0 Å². The van der Waals surface area contributed by atoms with Gasteiger partial charge in [-0.05, 0) is 30.3 Å². The zero-order valence-corrected chi connectivity index (χ0v) is 7.46. The maximum Gasteiger partial charge on any atom is 0.174 e. The summed E-state index contributed by atoms with van der Waals surface area (Å²) < 4.78 is 0. The number of aromatic nitrogens is 1. The molecule has 2 aromatic rings. The van der Waals surface area contributed by atoms with Gasteiger partial charge in [0, 0.05) is 6.20 Å². The predicted molar refractivity (Wildman–Crippen MR) is 53.7 cm³/mol. The van der Waals surface area contributed by atoms with Crippen molar-refractivity contribution in [1.29, 1.82) is 0 Å². The van der Waals surface area contributed by atoms with Crippen LogP contribution in [0.1, 0.15) is 0 Å². The summed E-state index contributed by atoms with van der Waals surface area (Å²) in [6.07, 6.45) is 1.69. The number of nitrogens with zero attached hydrogens (tertiary/aromatic N) is 3. The minimum atomic E-state index is 0.611. The van der Waals surface area contributed by atoms with Gasteiger partial charge in [0.2, 0.25) is 0 Å². The lowest BCUT2D eigenvalue weighted by Crippen LogP contribution is -1.68. The number of pyridine rings is 1. The second-order valence-corrected chi connectivity index (χ2v) is 2.65. The summed E-state index contributed by atoms with van der Waals surface area (Å²) in [6.45, 7) is 0. The Kier molecular flexibility index (Phi) is 2.62. The lowest BCUT2D eigenvalue weighted by molar-refractivity contribution is 1.15. The van der Waals surface area contributed by atoms with E-state index in [1.165, 1.54) is 0 Å². The Morgan fingerprint density at radius 3 is 2.57 bits per heavy atom. The molecule has 67 valence electrons. The Hall–Kier alpha value is -2.03. The molecule has 0 unspecified atom stereocenters. The van der Waals surface area contributed by atoms with E-state index in [9.17, 15) is 0 Å². The number of hydrogen-bond acceptors (Lipinski definition) is 3. The van der Waals surface area contributed by atoms with Gasteiger partial charge in [0.15, 0.2) is 5.82 Å². The normalized spacial score (nSPS) is 10.6. The summed E-state index contributed by atoms with van der Waals surface area (Å²) in [6, 6.07) is 15.7. The summed E-state index contributed by atoms with van der Waals surface area (Å²) >= 11 is 0. The molecular weight excluding hydrogens is 174 g/mol. The smallest absolute Gasteiger partial charge is 0.174 e. The third-order valence-corrected chi connectivity index (χ3v) is 1.62. The molecule has 0 amide bonds. The van der Waals surface area contributed by atoms with Crippen molar-refractivity contribution in [2.45, 2.75) is 0 Å². The largest absolute Gasteiger partial charge is 0.236 e. The molecule has 0 aliphatic heterocycles. The summed E-state index contributed by atoms with van der Waals surface area (Å²) in [5.74, 6) is 0.611. The van der Waals surface area contributed by atoms with Crippen LogP contribution in [0.2, 0.25) is 0 Å². The van der Waals surface area contributed by atoms with Crippen molar-refractivity contribution in [1.82, 2.24) is 4.98 Å². The molecule has 0 aliphatic carbocycles. The van der Waals surface area contributed by atoms with Gasteiger partial charge in [-0.15, -0.1) is 10.2 Å². The quantitative estimate of drug-likeness (QED) is 0.656. The molecule has 1 aromatic heterocycles. The minimum absolute atomic E-state index is 0.611. The molecule has 0 spiro atoms. The van der Waals surface area contributed by atoms with Crippen molar-refractivity contribution in [3.05, 3.63) is 54.7 Å². The molecule has 0 bridgehead atoms. The molecule has 0 saturated heterocycles. The first-order chi connectivity index (χ1) is 6.95. The highest BCUT2D eigenvalue weighted by atomic mass is 15.1. The number of benzene rings is 1. The number of rotatable bonds is 2. The van der Waals surface area contributed by atoms with E-state index in [0.717, 1.165) is 5.69 Å². The second kappa shape index (κ2) is 4.28. The Balaban J connectivity index is 2.16. The molecule has 0 atom stereocenters. The zero-order valence-electron chi connectivity index (χ0n) is 7.46. The first kappa shape index (κ1) is 8.56. The van der Waals surface area contributed by atoms with Crippen molar-refractivity contribution in [3.8, 4) is 0 Å². The molecule has 1 aromatic carbocycles. The first-order valence-electron chi connectivity index (χ1n) is 4.24. The zero-order chi connectivity index (χ0) is 9.64. The van der Waals surface area contributed by atoms with Gasteiger partial charge < -0.3 is 0 Å². The van der Waals surface area contributed by atoms with E-state index >= 15 is 0 Å².